The number of hydrogen-bond acceptors (Lipinski definition) is 0. The number of rotatable bonds is 2. The second-order valence-electron chi connectivity index (χ2n) is 4.06. The Balaban J connectivity index is 2.04. The lowest BCUT2D eigenvalue weighted by atomic mass is 10.0. The van der Waals surface area contributed by atoms with Crippen LogP contribution < -0.4 is 5.32 Å². The molecule has 1 heteroatoms. The molecule has 1 aliphatic rings. The van der Waals surface area contributed by atoms with E-state index >= 15 is 0 Å². The van der Waals surface area contributed by atoms with Gasteiger partial charge in [0.25, 0.3) is 0 Å². The summed E-state index contributed by atoms with van der Waals surface area (Å²) in [5.41, 5.74) is 2.98. The Morgan fingerprint density at radius 2 is 2.23 bits per heavy atom. The van der Waals surface area contributed by atoms with Crippen LogP contribution >= 0.6 is 0 Å². The number of hydrogen-bond donors (Lipinski definition) is 1. The highest BCUT2D eigenvalue weighted by molar-refractivity contribution is 5.26. The van der Waals surface area contributed by atoms with Crippen LogP contribution in [0.5, 0.6) is 0 Å². The van der Waals surface area contributed by atoms with Crippen molar-refractivity contribution in [3.05, 3.63) is 35.4 Å². The van der Waals surface area contributed by atoms with E-state index in [1.807, 2.05) is 0 Å². The van der Waals surface area contributed by atoms with Crippen LogP contribution in [0.4, 0.5) is 0 Å². The normalized spacial score (nSPS) is 22.1. The summed E-state index contributed by atoms with van der Waals surface area (Å²) in [5.74, 6) is 0. The zero-order valence-electron chi connectivity index (χ0n) is 8.29. The molecule has 0 spiro atoms. The predicted molar refractivity (Wildman–Crippen MR) is 54.7 cm³/mol. The summed E-state index contributed by atoms with van der Waals surface area (Å²) in [5, 5.41) is 2.49. The van der Waals surface area contributed by atoms with Crippen LogP contribution in [-0.2, 0) is 6.42 Å². The van der Waals surface area contributed by atoms with Crippen molar-refractivity contribution in [1.29, 1.82) is 0 Å². The van der Waals surface area contributed by atoms with E-state index < -0.39 is 0 Å². The zero-order valence-corrected chi connectivity index (χ0v) is 8.29. The number of benzene rings is 1. The van der Waals surface area contributed by atoms with Crippen molar-refractivity contribution in [3.8, 4) is 0 Å². The summed E-state index contributed by atoms with van der Waals surface area (Å²) in [6.45, 7) is 3.54. The van der Waals surface area contributed by atoms with Crippen LogP contribution in [0.2, 0.25) is 0 Å². The molecule has 1 saturated heterocycles. The summed E-state index contributed by atoms with van der Waals surface area (Å²) >= 11 is 0. The van der Waals surface area contributed by atoms with Crippen molar-refractivity contribution >= 4 is 0 Å². The lowest BCUT2D eigenvalue weighted by Crippen LogP contribution is -2.87. The highest BCUT2D eigenvalue weighted by Crippen LogP contribution is 2.11. The third kappa shape index (κ3) is 2.10. The molecule has 1 aliphatic heterocycles. The molecular weight excluding hydrogens is 158 g/mol. The van der Waals surface area contributed by atoms with E-state index in [0.717, 1.165) is 6.04 Å². The average molecular weight is 176 g/mol. The van der Waals surface area contributed by atoms with Gasteiger partial charge in [-0.25, -0.2) is 0 Å². The van der Waals surface area contributed by atoms with Gasteiger partial charge in [-0.05, 0) is 18.1 Å². The van der Waals surface area contributed by atoms with Crippen LogP contribution in [-0.4, -0.2) is 12.6 Å². The van der Waals surface area contributed by atoms with Crippen molar-refractivity contribution in [2.45, 2.75) is 32.2 Å². The summed E-state index contributed by atoms with van der Waals surface area (Å²) in [7, 11) is 0. The molecule has 1 aromatic rings. The number of nitrogens with two attached hydrogens (primary N) is 1. The van der Waals surface area contributed by atoms with E-state index in [0.29, 0.717) is 0 Å². The van der Waals surface area contributed by atoms with E-state index in [-0.39, 0.29) is 0 Å². The van der Waals surface area contributed by atoms with Gasteiger partial charge < -0.3 is 5.32 Å². The zero-order chi connectivity index (χ0) is 9.10. The van der Waals surface area contributed by atoms with Crippen LogP contribution in [0.3, 0.4) is 0 Å². The fraction of sp³-hybridized carbons (Fsp3) is 0.500. The first-order chi connectivity index (χ1) is 6.36. The molecule has 1 heterocycles. The van der Waals surface area contributed by atoms with Gasteiger partial charge in [0.1, 0.15) is 0 Å². The first-order valence-corrected chi connectivity index (χ1v) is 5.24. The molecular formula is C12H18N+. The van der Waals surface area contributed by atoms with Gasteiger partial charge in [0.05, 0.1) is 12.6 Å². The van der Waals surface area contributed by atoms with Gasteiger partial charge in [0.15, 0.2) is 0 Å². The molecule has 1 nitrogen and oxygen atoms in total. The van der Waals surface area contributed by atoms with Gasteiger partial charge in [-0.1, -0.05) is 24.3 Å². The molecule has 0 unspecified atom stereocenters. The van der Waals surface area contributed by atoms with E-state index in [9.17, 15) is 0 Å². The third-order valence-electron chi connectivity index (χ3n) is 3.02. The number of quaternary nitrogens is 1. The maximum Gasteiger partial charge on any atom is 0.0902 e. The largest absolute Gasteiger partial charge is 0.344 e. The lowest BCUT2D eigenvalue weighted by Gasteiger charge is -2.09. The van der Waals surface area contributed by atoms with Crippen molar-refractivity contribution in [2.75, 3.05) is 6.54 Å². The van der Waals surface area contributed by atoms with Crippen LogP contribution in [0.25, 0.3) is 0 Å². The fourth-order valence-corrected chi connectivity index (χ4v) is 2.16. The van der Waals surface area contributed by atoms with Crippen LogP contribution in [0.1, 0.15) is 24.0 Å². The Hall–Kier alpha value is -0.820. The van der Waals surface area contributed by atoms with E-state index in [1.165, 1.54) is 36.9 Å². The first kappa shape index (κ1) is 8.76. The monoisotopic (exact) mass is 176 g/mol. The quantitative estimate of drug-likeness (QED) is 0.698. The third-order valence-corrected chi connectivity index (χ3v) is 3.02. The summed E-state index contributed by atoms with van der Waals surface area (Å²) in [6.07, 6.45) is 4.05. The molecule has 2 N–H and O–H groups in total. The van der Waals surface area contributed by atoms with Gasteiger partial charge in [0.2, 0.25) is 0 Å². The first-order valence-electron chi connectivity index (χ1n) is 5.24. The molecule has 0 radical (unpaired) electrons. The minimum atomic E-state index is 0.848. The standard InChI is InChI=1S/C12H17N/c1-10-5-2-3-6-11(10)9-12-7-4-8-13-12/h2-3,5-6,12-13H,4,7-9H2,1H3/p+1/t12-/m0/s1. The second kappa shape index (κ2) is 3.93. The van der Waals surface area contributed by atoms with Gasteiger partial charge >= 0.3 is 0 Å². The summed E-state index contributed by atoms with van der Waals surface area (Å²) in [6, 6.07) is 9.60. The van der Waals surface area contributed by atoms with Crippen molar-refractivity contribution in [3.63, 3.8) is 0 Å². The molecule has 2 rings (SSSR count). The topological polar surface area (TPSA) is 16.6 Å². The second-order valence-corrected chi connectivity index (χ2v) is 4.06. The highest BCUT2D eigenvalue weighted by Gasteiger charge is 2.18. The molecule has 0 saturated carbocycles. The van der Waals surface area contributed by atoms with Crippen LogP contribution in [0, 0.1) is 6.92 Å². The average Bonchev–Trinajstić information content (AvgIpc) is 2.61. The van der Waals surface area contributed by atoms with E-state index in [4.69, 9.17) is 0 Å². The van der Waals surface area contributed by atoms with Gasteiger partial charge in [-0.2, -0.15) is 0 Å². The maximum atomic E-state index is 2.49. The predicted octanol–water partition coefficient (Wildman–Crippen LogP) is 1.26. The smallest absolute Gasteiger partial charge is 0.0902 e. The fourth-order valence-electron chi connectivity index (χ4n) is 2.16. The molecule has 1 fully saturated rings. The lowest BCUT2D eigenvalue weighted by molar-refractivity contribution is -0.669. The van der Waals surface area contributed by atoms with Gasteiger partial charge in [0, 0.05) is 19.3 Å². The minimum absolute atomic E-state index is 0.848. The number of aryl methyl sites for hydroxylation is 1. The Kier molecular flexibility index (Phi) is 2.65. The summed E-state index contributed by atoms with van der Waals surface area (Å²) < 4.78 is 0. The van der Waals surface area contributed by atoms with Crippen molar-refractivity contribution in [2.24, 2.45) is 0 Å². The Labute approximate surface area is 80.2 Å². The van der Waals surface area contributed by atoms with Gasteiger partial charge in [-0.15, -0.1) is 0 Å². The van der Waals surface area contributed by atoms with Gasteiger partial charge in [-0.3, -0.25) is 0 Å². The Bertz CT molecular complexity index is 274. The molecule has 0 amide bonds. The molecule has 0 bridgehead atoms. The molecule has 1 aromatic carbocycles. The van der Waals surface area contributed by atoms with E-state index in [1.54, 1.807) is 0 Å². The SMILES string of the molecule is Cc1ccccc1C[C@@H]1CCC[NH2+]1. The molecule has 1 atom stereocenters. The molecule has 0 aliphatic carbocycles. The van der Waals surface area contributed by atoms with Crippen LogP contribution in [0.15, 0.2) is 24.3 Å². The minimum Gasteiger partial charge on any atom is -0.344 e. The maximum absolute atomic E-state index is 2.49. The van der Waals surface area contributed by atoms with E-state index in [2.05, 4.69) is 36.5 Å². The Morgan fingerprint density at radius 1 is 1.38 bits per heavy atom. The Morgan fingerprint density at radius 3 is 2.92 bits per heavy atom. The van der Waals surface area contributed by atoms with Crippen molar-refractivity contribution in [1.82, 2.24) is 0 Å². The molecule has 0 aromatic heterocycles. The highest BCUT2D eigenvalue weighted by atomic mass is 14.9. The molecule has 70 valence electrons. The molecule has 13 heavy (non-hydrogen) atoms. The summed E-state index contributed by atoms with van der Waals surface area (Å²) in [4.78, 5) is 0. The van der Waals surface area contributed by atoms with Crippen molar-refractivity contribution < 1.29 is 5.32 Å².